The number of hydrogen-bond acceptors (Lipinski definition) is 9. The molecular formula is C44H84NO10P. The molecule has 0 amide bonds. The van der Waals surface area contributed by atoms with E-state index in [4.69, 9.17) is 24.8 Å². The number of hydrogen-bond donors (Lipinski definition) is 3. The second kappa shape index (κ2) is 40.0. The van der Waals surface area contributed by atoms with E-state index in [1.807, 2.05) is 0 Å². The van der Waals surface area contributed by atoms with E-state index in [1.54, 1.807) is 0 Å². The molecule has 0 saturated heterocycles. The summed E-state index contributed by atoms with van der Waals surface area (Å²) in [6.07, 6.45) is 39.8. The predicted molar refractivity (Wildman–Crippen MR) is 226 cm³/mol. The highest BCUT2D eigenvalue weighted by atomic mass is 31.2. The van der Waals surface area contributed by atoms with Crippen molar-refractivity contribution in [3.63, 3.8) is 0 Å². The summed E-state index contributed by atoms with van der Waals surface area (Å²) in [6.45, 7) is 2.82. The number of carboxylic acids is 1. The van der Waals surface area contributed by atoms with Gasteiger partial charge in [0.1, 0.15) is 12.6 Å². The number of allylic oxidation sites excluding steroid dienone is 2. The fourth-order valence-corrected chi connectivity index (χ4v) is 7.19. The second-order valence-electron chi connectivity index (χ2n) is 15.5. The van der Waals surface area contributed by atoms with Crippen molar-refractivity contribution in [1.82, 2.24) is 0 Å². The van der Waals surface area contributed by atoms with Crippen molar-refractivity contribution in [3.05, 3.63) is 12.2 Å². The maximum absolute atomic E-state index is 12.6. The van der Waals surface area contributed by atoms with Crippen LogP contribution < -0.4 is 5.73 Å². The summed E-state index contributed by atoms with van der Waals surface area (Å²) in [5.41, 5.74) is 5.34. The zero-order chi connectivity index (χ0) is 41.4. The predicted octanol–water partition coefficient (Wildman–Crippen LogP) is 12.1. The number of nitrogens with two attached hydrogens (primary N) is 1. The van der Waals surface area contributed by atoms with Gasteiger partial charge in [0.25, 0.3) is 0 Å². The fourth-order valence-electron chi connectivity index (χ4n) is 6.41. The van der Waals surface area contributed by atoms with Gasteiger partial charge in [-0.25, -0.2) is 4.57 Å². The van der Waals surface area contributed by atoms with Crippen LogP contribution in [0.1, 0.15) is 219 Å². The van der Waals surface area contributed by atoms with Crippen LogP contribution in [0.2, 0.25) is 0 Å². The second-order valence-corrected chi connectivity index (χ2v) is 17.0. The molecule has 0 aliphatic rings. The molecule has 0 bridgehead atoms. The first-order valence-electron chi connectivity index (χ1n) is 22.7. The van der Waals surface area contributed by atoms with Crippen LogP contribution in [0.5, 0.6) is 0 Å². The molecule has 330 valence electrons. The van der Waals surface area contributed by atoms with Crippen LogP contribution in [0.4, 0.5) is 0 Å². The summed E-state index contributed by atoms with van der Waals surface area (Å²) in [5.74, 6) is -2.37. The molecule has 0 radical (unpaired) electrons. The summed E-state index contributed by atoms with van der Waals surface area (Å²) in [4.78, 5) is 46.0. The van der Waals surface area contributed by atoms with Gasteiger partial charge in [-0.3, -0.25) is 23.4 Å². The third-order valence-corrected chi connectivity index (χ3v) is 11.0. The van der Waals surface area contributed by atoms with Gasteiger partial charge in [0, 0.05) is 12.8 Å². The molecule has 3 atom stereocenters. The lowest BCUT2D eigenvalue weighted by Gasteiger charge is -2.20. The van der Waals surface area contributed by atoms with E-state index in [-0.39, 0.29) is 19.4 Å². The first-order valence-corrected chi connectivity index (χ1v) is 24.2. The zero-order valence-electron chi connectivity index (χ0n) is 35.7. The van der Waals surface area contributed by atoms with Crippen molar-refractivity contribution in [2.24, 2.45) is 5.73 Å². The lowest BCUT2D eigenvalue weighted by Crippen LogP contribution is -2.34. The number of phosphoric ester groups is 1. The molecule has 56 heavy (non-hydrogen) atoms. The van der Waals surface area contributed by atoms with E-state index >= 15 is 0 Å². The molecule has 0 saturated carbocycles. The maximum Gasteiger partial charge on any atom is 0.472 e. The standard InChI is InChI=1S/C44H84NO10P/c1-3-5-7-9-11-13-15-17-19-20-22-24-26-28-30-32-34-36-43(47)55-40(38-53-56(50,51)54-39-41(45)44(48)49)37-52-42(46)35-33-31-29-27-25-23-21-18-16-14-12-10-8-6-4-2/h18,21,40-41H,3-17,19-20,22-39,45H2,1-2H3,(H,48,49)(H,50,51)/b21-18+/t40-,41+/m1/s1. The number of ether oxygens (including phenoxy) is 2. The van der Waals surface area contributed by atoms with Gasteiger partial charge >= 0.3 is 25.7 Å². The molecule has 0 aliphatic heterocycles. The first kappa shape index (κ1) is 54.2. The molecule has 12 heteroatoms. The Balaban J connectivity index is 4.32. The molecule has 1 unspecified atom stereocenters. The lowest BCUT2D eigenvalue weighted by atomic mass is 10.0. The number of esters is 2. The minimum atomic E-state index is -4.71. The van der Waals surface area contributed by atoms with Gasteiger partial charge in [-0.1, -0.05) is 180 Å². The average molecular weight is 818 g/mol. The number of carbonyl (C=O) groups is 3. The van der Waals surface area contributed by atoms with E-state index in [1.165, 1.54) is 122 Å². The van der Waals surface area contributed by atoms with Gasteiger partial charge in [-0.05, 0) is 38.5 Å². The lowest BCUT2D eigenvalue weighted by molar-refractivity contribution is -0.161. The Morgan fingerprint density at radius 3 is 1.30 bits per heavy atom. The van der Waals surface area contributed by atoms with E-state index in [9.17, 15) is 23.8 Å². The van der Waals surface area contributed by atoms with Gasteiger partial charge in [0.05, 0.1) is 13.2 Å². The summed E-state index contributed by atoms with van der Waals surface area (Å²) < 4.78 is 32.7. The van der Waals surface area contributed by atoms with Crippen LogP contribution in [-0.2, 0) is 37.5 Å². The van der Waals surface area contributed by atoms with Crippen LogP contribution in [-0.4, -0.2) is 59.9 Å². The number of carbonyl (C=O) groups excluding carboxylic acids is 2. The Bertz CT molecular complexity index is 1010. The van der Waals surface area contributed by atoms with Gasteiger partial charge in [0.2, 0.25) is 0 Å². The molecule has 0 heterocycles. The highest BCUT2D eigenvalue weighted by Gasteiger charge is 2.28. The molecule has 0 aromatic carbocycles. The summed E-state index contributed by atoms with van der Waals surface area (Å²) in [7, 11) is -4.71. The minimum Gasteiger partial charge on any atom is -0.480 e. The Labute approximate surface area is 341 Å². The molecule has 0 rings (SSSR count). The Kier molecular flexibility index (Phi) is 38.7. The SMILES string of the molecule is CCCCCCCC/C=C/CCCCCCCC(=O)OC[C@H](COP(=O)(O)OC[C@H](N)C(=O)O)OC(=O)CCCCCCCCCCCCCCCCCCC. The molecule has 0 aromatic rings. The van der Waals surface area contributed by atoms with E-state index < -0.39 is 51.1 Å². The number of rotatable bonds is 43. The van der Waals surface area contributed by atoms with Gasteiger partial charge in [-0.2, -0.15) is 0 Å². The van der Waals surface area contributed by atoms with Crippen LogP contribution >= 0.6 is 7.82 Å². The Morgan fingerprint density at radius 1 is 0.536 bits per heavy atom. The number of aliphatic carboxylic acids is 1. The molecule has 11 nitrogen and oxygen atoms in total. The van der Waals surface area contributed by atoms with Gasteiger partial charge in [-0.15, -0.1) is 0 Å². The van der Waals surface area contributed by atoms with Crippen molar-refractivity contribution in [2.45, 2.75) is 231 Å². The van der Waals surface area contributed by atoms with Crippen molar-refractivity contribution in [2.75, 3.05) is 19.8 Å². The van der Waals surface area contributed by atoms with Crippen LogP contribution in [0.25, 0.3) is 0 Å². The van der Waals surface area contributed by atoms with Crippen molar-refractivity contribution in [3.8, 4) is 0 Å². The van der Waals surface area contributed by atoms with Crippen molar-refractivity contribution in [1.29, 1.82) is 0 Å². The smallest absolute Gasteiger partial charge is 0.472 e. The monoisotopic (exact) mass is 818 g/mol. The fraction of sp³-hybridized carbons (Fsp3) is 0.886. The molecule has 0 spiro atoms. The quantitative estimate of drug-likeness (QED) is 0.0231. The summed E-state index contributed by atoms with van der Waals surface area (Å²) in [5, 5.41) is 8.89. The normalized spacial score (nSPS) is 13.8. The molecule has 0 fully saturated rings. The molecular weight excluding hydrogens is 733 g/mol. The maximum atomic E-state index is 12.6. The number of phosphoric acid groups is 1. The number of unbranched alkanes of at least 4 members (excludes halogenated alkanes) is 27. The van der Waals surface area contributed by atoms with Crippen LogP contribution in [0.15, 0.2) is 12.2 Å². The summed E-state index contributed by atoms with van der Waals surface area (Å²) >= 11 is 0. The number of carboxylic acid groups (broad SMARTS) is 1. The molecule has 4 N–H and O–H groups in total. The van der Waals surface area contributed by atoms with Crippen LogP contribution in [0.3, 0.4) is 0 Å². The topological polar surface area (TPSA) is 172 Å². The molecule has 0 aromatic heterocycles. The van der Waals surface area contributed by atoms with Crippen molar-refractivity contribution < 1.29 is 47.5 Å². The summed E-state index contributed by atoms with van der Waals surface area (Å²) in [6, 6.07) is -1.52. The highest BCUT2D eigenvalue weighted by molar-refractivity contribution is 7.47. The van der Waals surface area contributed by atoms with Gasteiger partial charge in [0.15, 0.2) is 6.10 Å². The van der Waals surface area contributed by atoms with E-state index in [2.05, 4.69) is 30.5 Å². The Morgan fingerprint density at radius 2 is 0.893 bits per heavy atom. The first-order chi connectivity index (χ1) is 27.1. The largest absolute Gasteiger partial charge is 0.480 e. The average Bonchev–Trinajstić information content (AvgIpc) is 3.17. The van der Waals surface area contributed by atoms with Crippen molar-refractivity contribution >= 4 is 25.7 Å². The van der Waals surface area contributed by atoms with Gasteiger partial charge < -0.3 is 25.2 Å². The minimum absolute atomic E-state index is 0.165. The van der Waals surface area contributed by atoms with E-state index in [0.29, 0.717) is 12.8 Å². The Hall–Kier alpha value is -1.78. The third-order valence-electron chi connectivity index (χ3n) is 10.0. The van der Waals surface area contributed by atoms with Crippen LogP contribution in [0, 0.1) is 0 Å². The third kappa shape index (κ3) is 39.1. The zero-order valence-corrected chi connectivity index (χ0v) is 36.6. The van der Waals surface area contributed by atoms with E-state index in [0.717, 1.165) is 57.8 Å². The highest BCUT2D eigenvalue weighted by Crippen LogP contribution is 2.43. The molecule has 0 aliphatic carbocycles.